The second-order valence-electron chi connectivity index (χ2n) is 7.56. The van der Waals surface area contributed by atoms with Crippen molar-refractivity contribution < 1.29 is 9.53 Å². The smallest absolute Gasteiger partial charge is 0.226 e. The van der Waals surface area contributed by atoms with Crippen LogP contribution in [0.4, 0.5) is 0 Å². The molecule has 4 heteroatoms. The number of likely N-dealkylation sites (tertiary alicyclic amines) is 1. The monoisotopic (exact) mass is 314 g/mol. The number of carbonyl (C=O) groups is 1. The summed E-state index contributed by atoms with van der Waals surface area (Å²) in [7, 11) is 0. The average Bonchev–Trinajstić information content (AvgIpc) is 3.29. The van der Waals surface area contributed by atoms with Crippen molar-refractivity contribution in [3.8, 4) is 5.75 Å². The Bertz CT molecular complexity index is 617. The molecule has 1 saturated carbocycles. The van der Waals surface area contributed by atoms with Gasteiger partial charge in [-0.15, -0.1) is 0 Å². The van der Waals surface area contributed by atoms with Gasteiger partial charge in [0.25, 0.3) is 0 Å². The molecule has 1 amide bonds. The molecule has 2 N–H and O–H groups in total. The van der Waals surface area contributed by atoms with Crippen LogP contribution >= 0.6 is 0 Å². The summed E-state index contributed by atoms with van der Waals surface area (Å²) in [4.78, 5) is 15.2. The molecule has 2 fully saturated rings. The Morgan fingerprint density at radius 1 is 1.43 bits per heavy atom. The Balaban J connectivity index is 1.56. The zero-order valence-corrected chi connectivity index (χ0v) is 13.8. The number of hydrogen-bond donors (Lipinski definition) is 1. The maximum Gasteiger partial charge on any atom is 0.226 e. The Morgan fingerprint density at radius 2 is 2.26 bits per heavy atom. The Hall–Kier alpha value is -1.55. The number of ether oxygens (including phenoxy) is 1. The second kappa shape index (κ2) is 5.52. The Labute approximate surface area is 138 Å². The van der Waals surface area contributed by atoms with Crippen molar-refractivity contribution in [1.82, 2.24) is 4.90 Å². The number of piperidine rings is 1. The molecular weight excluding hydrogens is 288 g/mol. The van der Waals surface area contributed by atoms with Gasteiger partial charge in [-0.3, -0.25) is 4.79 Å². The molecule has 1 aliphatic carbocycles. The number of carbonyl (C=O) groups excluding carboxylic acids is 1. The molecule has 4 unspecified atom stereocenters. The number of benzene rings is 1. The van der Waals surface area contributed by atoms with Gasteiger partial charge in [0, 0.05) is 36.0 Å². The summed E-state index contributed by atoms with van der Waals surface area (Å²) in [6.07, 6.45) is 4.07. The van der Waals surface area contributed by atoms with Gasteiger partial charge in [0.1, 0.15) is 5.75 Å². The van der Waals surface area contributed by atoms with E-state index in [0.717, 1.165) is 44.6 Å². The first-order chi connectivity index (χ1) is 11.2. The van der Waals surface area contributed by atoms with Gasteiger partial charge in [-0.25, -0.2) is 0 Å². The number of nitrogens with two attached hydrogens (primary N) is 1. The molecular formula is C19H26N2O2. The first-order valence-electron chi connectivity index (χ1n) is 8.88. The molecule has 4 rings (SSSR count). The lowest BCUT2D eigenvalue weighted by Gasteiger charge is -2.39. The third-order valence-electron chi connectivity index (χ3n) is 6.14. The van der Waals surface area contributed by atoms with Gasteiger partial charge in [-0.2, -0.15) is 0 Å². The predicted molar refractivity (Wildman–Crippen MR) is 89.3 cm³/mol. The van der Waals surface area contributed by atoms with Crippen LogP contribution in [0.15, 0.2) is 24.3 Å². The summed E-state index contributed by atoms with van der Waals surface area (Å²) >= 11 is 0. The van der Waals surface area contributed by atoms with E-state index < -0.39 is 0 Å². The van der Waals surface area contributed by atoms with Crippen LogP contribution in [0.2, 0.25) is 0 Å². The van der Waals surface area contributed by atoms with Crippen LogP contribution < -0.4 is 10.5 Å². The van der Waals surface area contributed by atoms with Crippen molar-refractivity contribution in [2.45, 2.75) is 44.1 Å². The maximum atomic E-state index is 13.1. The normalized spacial score (nSPS) is 35.6. The van der Waals surface area contributed by atoms with E-state index in [4.69, 9.17) is 10.5 Å². The molecule has 4 nitrogen and oxygen atoms in total. The number of hydrogen-bond acceptors (Lipinski definition) is 3. The third kappa shape index (κ3) is 2.35. The molecule has 23 heavy (non-hydrogen) atoms. The van der Waals surface area contributed by atoms with Gasteiger partial charge in [0.2, 0.25) is 5.91 Å². The van der Waals surface area contributed by atoms with E-state index in [0.29, 0.717) is 18.4 Å². The minimum Gasteiger partial charge on any atom is -0.493 e. The molecule has 1 aromatic rings. The molecule has 1 aromatic carbocycles. The quantitative estimate of drug-likeness (QED) is 0.911. The van der Waals surface area contributed by atoms with Gasteiger partial charge < -0.3 is 15.4 Å². The van der Waals surface area contributed by atoms with Crippen LogP contribution in [0.25, 0.3) is 0 Å². The van der Waals surface area contributed by atoms with Crippen LogP contribution in [0.3, 0.4) is 0 Å². The summed E-state index contributed by atoms with van der Waals surface area (Å²) in [6.45, 7) is 4.43. The maximum absolute atomic E-state index is 13.1. The largest absolute Gasteiger partial charge is 0.493 e. The Kier molecular flexibility index (Phi) is 3.60. The van der Waals surface area contributed by atoms with Gasteiger partial charge in [-0.1, -0.05) is 25.1 Å². The molecule has 124 valence electrons. The van der Waals surface area contributed by atoms with Crippen molar-refractivity contribution in [1.29, 1.82) is 0 Å². The highest BCUT2D eigenvalue weighted by atomic mass is 16.5. The molecule has 0 bridgehead atoms. The van der Waals surface area contributed by atoms with Gasteiger partial charge in [-0.05, 0) is 37.7 Å². The third-order valence-corrected chi connectivity index (χ3v) is 6.14. The van der Waals surface area contributed by atoms with Crippen LogP contribution in [0.5, 0.6) is 5.75 Å². The highest BCUT2D eigenvalue weighted by Gasteiger charge is 2.62. The summed E-state index contributed by atoms with van der Waals surface area (Å²) in [5.41, 5.74) is 7.20. The number of nitrogens with zero attached hydrogens (tertiary/aromatic N) is 1. The zero-order chi connectivity index (χ0) is 16.0. The van der Waals surface area contributed by atoms with Gasteiger partial charge in [0.05, 0.1) is 6.61 Å². The van der Waals surface area contributed by atoms with Crippen LogP contribution in [0, 0.1) is 11.8 Å². The number of amides is 1. The van der Waals surface area contributed by atoms with Crippen molar-refractivity contribution in [3.05, 3.63) is 29.8 Å². The van der Waals surface area contributed by atoms with E-state index in [9.17, 15) is 4.79 Å². The number of rotatable bonds is 2. The average molecular weight is 314 g/mol. The minimum absolute atomic E-state index is 0.0220. The predicted octanol–water partition coefficient (Wildman–Crippen LogP) is 2.31. The fourth-order valence-corrected chi connectivity index (χ4v) is 4.65. The summed E-state index contributed by atoms with van der Waals surface area (Å²) < 4.78 is 5.78. The van der Waals surface area contributed by atoms with Crippen molar-refractivity contribution in [3.63, 3.8) is 0 Å². The minimum atomic E-state index is 0.0220. The van der Waals surface area contributed by atoms with Crippen LogP contribution in [0.1, 0.15) is 38.2 Å². The molecule has 1 saturated heterocycles. The van der Waals surface area contributed by atoms with E-state index in [2.05, 4.69) is 24.0 Å². The molecule has 0 aromatic heterocycles. The Morgan fingerprint density at radius 3 is 3.09 bits per heavy atom. The summed E-state index contributed by atoms with van der Waals surface area (Å²) in [6, 6.07) is 8.45. The van der Waals surface area contributed by atoms with Gasteiger partial charge in [0.15, 0.2) is 0 Å². The lowest BCUT2D eigenvalue weighted by Crippen LogP contribution is -2.50. The highest BCUT2D eigenvalue weighted by molar-refractivity contribution is 5.85. The molecule has 3 aliphatic rings. The lowest BCUT2D eigenvalue weighted by molar-refractivity contribution is -0.137. The first kappa shape index (κ1) is 15.0. The van der Waals surface area contributed by atoms with Crippen molar-refractivity contribution in [2.75, 3.05) is 19.7 Å². The fourth-order valence-electron chi connectivity index (χ4n) is 4.65. The summed E-state index contributed by atoms with van der Waals surface area (Å²) in [5, 5.41) is 0. The zero-order valence-electron chi connectivity index (χ0n) is 13.8. The van der Waals surface area contributed by atoms with Gasteiger partial charge >= 0.3 is 0 Å². The lowest BCUT2D eigenvalue weighted by atomic mass is 9.86. The molecule has 2 aliphatic heterocycles. The fraction of sp³-hybridized carbons (Fsp3) is 0.632. The van der Waals surface area contributed by atoms with E-state index in [1.807, 2.05) is 12.1 Å². The van der Waals surface area contributed by atoms with Crippen molar-refractivity contribution in [2.24, 2.45) is 17.6 Å². The highest BCUT2D eigenvalue weighted by Crippen LogP contribution is 2.61. The van der Waals surface area contributed by atoms with Crippen LogP contribution in [-0.4, -0.2) is 36.5 Å². The topological polar surface area (TPSA) is 55.6 Å². The van der Waals surface area contributed by atoms with E-state index in [1.54, 1.807) is 0 Å². The first-order valence-corrected chi connectivity index (χ1v) is 8.88. The second-order valence-corrected chi connectivity index (χ2v) is 7.56. The van der Waals surface area contributed by atoms with Crippen LogP contribution in [-0.2, 0) is 10.2 Å². The standard InChI is InChI=1S/C19H26N2O2/c1-13-6-8-21(14(10-13)12-20)18(22)16-11-19(16)7-9-23-17-5-3-2-4-15(17)19/h2-5,13-14,16H,6-12,20H2,1H3. The number of para-hydroxylation sites is 1. The molecule has 2 heterocycles. The van der Waals surface area contributed by atoms with E-state index in [-0.39, 0.29) is 17.4 Å². The molecule has 0 radical (unpaired) electrons. The molecule has 4 atom stereocenters. The summed E-state index contributed by atoms with van der Waals surface area (Å²) in [5.74, 6) is 2.08. The van der Waals surface area contributed by atoms with Crippen molar-refractivity contribution >= 4 is 5.91 Å². The number of fused-ring (bicyclic) bond motifs is 2. The molecule has 1 spiro atoms. The van der Waals surface area contributed by atoms with E-state index in [1.165, 1.54) is 5.56 Å². The van der Waals surface area contributed by atoms with E-state index >= 15 is 0 Å². The SMILES string of the molecule is CC1CCN(C(=O)C2CC23CCOc2ccccc23)C(CN)C1.